The summed E-state index contributed by atoms with van der Waals surface area (Å²) in [5.74, 6) is -0.406. The van der Waals surface area contributed by atoms with Crippen LogP contribution >= 0.6 is 30.9 Å². The number of hydrogen-bond acceptors (Lipinski definition) is 9. The molecule has 3 N–H and O–H groups in total. The Labute approximate surface area is 342 Å². The predicted octanol–water partition coefficient (Wildman–Crippen LogP) is 12.4. The fraction of sp³-hybridized carbons (Fsp3) is 0.0238. The third-order valence-electron chi connectivity index (χ3n) is 7.75. The van der Waals surface area contributed by atoms with E-state index in [1.807, 2.05) is 48.5 Å². The zero-order chi connectivity index (χ0) is 40.2. The van der Waals surface area contributed by atoms with Gasteiger partial charge in [0.15, 0.2) is 11.3 Å². The van der Waals surface area contributed by atoms with Gasteiger partial charge in [0.05, 0.1) is 17.0 Å². The average Bonchev–Trinajstić information content (AvgIpc) is 3.21. The van der Waals surface area contributed by atoms with E-state index in [1.54, 1.807) is 103 Å². The van der Waals surface area contributed by atoms with Crippen LogP contribution in [0.1, 0.15) is 17.8 Å². The van der Waals surface area contributed by atoms with Gasteiger partial charge in [0.25, 0.3) is 0 Å². The maximum atomic E-state index is 12.3. The van der Waals surface area contributed by atoms with Crippen LogP contribution in [0.25, 0.3) is 55.0 Å². The molecule has 0 unspecified atom stereocenters. The summed E-state index contributed by atoms with van der Waals surface area (Å²) in [6.45, 7) is 0. The van der Waals surface area contributed by atoms with Crippen LogP contribution in [0, 0.1) is 0 Å². The number of pyridine rings is 4. The number of carboxylic acid groups (broad SMARTS) is 1. The highest BCUT2D eigenvalue weighted by molar-refractivity contribution is 7.53. The van der Waals surface area contributed by atoms with Crippen LogP contribution in [-0.2, 0) is 4.57 Å². The van der Waals surface area contributed by atoms with E-state index in [0.717, 1.165) is 22.2 Å². The molecule has 0 radical (unpaired) electrons. The minimum atomic E-state index is -3.95. The maximum absolute atomic E-state index is 12.3. The van der Waals surface area contributed by atoms with E-state index in [-0.39, 0.29) is 13.0 Å². The van der Waals surface area contributed by atoms with Gasteiger partial charge in [-0.1, -0.05) is 91.3 Å². The van der Waals surface area contributed by atoms with E-state index in [4.69, 9.17) is 43.5 Å². The topological polar surface area (TPSA) is 199 Å². The number of carboxylic acids is 1. The summed E-state index contributed by atoms with van der Waals surface area (Å²) < 4.78 is 22.6. The Morgan fingerprint density at radius 1 is 0.672 bits per heavy atom. The average molecular weight is 832 g/mol. The van der Waals surface area contributed by atoms with Crippen molar-refractivity contribution < 1.29 is 23.5 Å². The van der Waals surface area contributed by atoms with E-state index in [0.29, 0.717) is 49.6 Å². The number of fused-ring (bicyclic) bond motifs is 2. The molecule has 4 aromatic heterocycles. The second-order valence-electron chi connectivity index (χ2n) is 11.7. The predicted molar refractivity (Wildman–Crippen MR) is 229 cm³/mol. The number of rotatable bonds is 8. The lowest BCUT2D eigenvalue weighted by Gasteiger charge is -2.14. The van der Waals surface area contributed by atoms with Gasteiger partial charge in [0, 0.05) is 59.8 Å². The Kier molecular flexibility index (Phi) is 14.3. The van der Waals surface area contributed by atoms with Crippen LogP contribution < -0.4 is 14.8 Å². The molecule has 16 heteroatoms. The fourth-order valence-corrected chi connectivity index (χ4v) is 6.61. The van der Waals surface area contributed by atoms with Crippen molar-refractivity contribution in [3.63, 3.8) is 0 Å². The molecule has 0 fully saturated rings. The van der Waals surface area contributed by atoms with E-state index in [1.165, 1.54) is 6.07 Å². The van der Waals surface area contributed by atoms with Crippen molar-refractivity contribution in [3.05, 3.63) is 184 Å². The van der Waals surface area contributed by atoms with Gasteiger partial charge < -0.3 is 19.9 Å². The molecule has 0 spiro atoms. The number of benzene rings is 4. The van der Waals surface area contributed by atoms with Crippen LogP contribution in [0.3, 0.4) is 0 Å². The van der Waals surface area contributed by atoms with Gasteiger partial charge in [-0.25, -0.2) is 29.3 Å². The molecule has 0 bridgehead atoms. The Hall–Kier alpha value is -7.01. The number of anilines is 1. The summed E-state index contributed by atoms with van der Waals surface area (Å²) in [5, 5.41) is 12.0. The van der Waals surface area contributed by atoms with Crippen LogP contribution in [0.5, 0.6) is 11.5 Å². The summed E-state index contributed by atoms with van der Waals surface area (Å²) in [6, 6.07) is 41.9. The number of nitrogens with two attached hydrogens (primary N) is 1. The minimum Gasteiger partial charge on any atom is -0.478 e. The molecule has 0 amide bonds. The molecular formula is C42H33Cl2N8O5P. The number of nitrogen functional groups attached to an aromatic ring is 1. The molecule has 0 atom stereocenters. The van der Waals surface area contributed by atoms with E-state index < -0.39 is 13.7 Å². The first-order chi connectivity index (χ1) is 27.6. The van der Waals surface area contributed by atoms with Gasteiger partial charge >= 0.3 is 13.7 Å². The van der Waals surface area contributed by atoms with Crippen molar-refractivity contribution in [1.29, 1.82) is 0 Å². The highest BCUT2D eigenvalue weighted by Crippen LogP contribution is 2.50. The van der Waals surface area contributed by atoms with Gasteiger partial charge in [0.2, 0.25) is 0 Å². The first-order valence-electron chi connectivity index (χ1n) is 16.8. The maximum Gasteiger partial charge on any atom is 0.525 e. The Morgan fingerprint density at radius 3 is 1.64 bits per heavy atom. The molecule has 0 aliphatic heterocycles. The summed E-state index contributed by atoms with van der Waals surface area (Å²) in [7, 11) is -3.95. The van der Waals surface area contributed by atoms with E-state index >= 15 is 0 Å². The first kappa shape index (κ1) is 42.1. The minimum absolute atomic E-state index is 0. The quantitative estimate of drug-likeness (QED) is 0.0642. The largest absolute Gasteiger partial charge is 0.525 e. The number of para-hydroxylation sites is 2. The molecule has 8 rings (SSSR count). The third kappa shape index (κ3) is 11.1. The lowest BCUT2D eigenvalue weighted by atomic mass is 10.1. The summed E-state index contributed by atoms with van der Waals surface area (Å²) in [5.41, 5.74) is 19.4. The lowest BCUT2D eigenvalue weighted by Crippen LogP contribution is -2.01. The Morgan fingerprint density at radius 2 is 1.16 bits per heavy atom. The molecule has 0 saturated heterocycles. The summed E-state index contributed by atoms with van der Waals surface area (Å²) >= 11 is 11.9. The van der Waals surface area contributed by atoms with Crippen molar-refractivity contribution in [1.82, 2.24) is 19.9 Å². The van der Waals surface area contributed by atoms with Crippen LogP contribution in [-0.4, -0.2) is 31.0 Å². The van der Waals surface area contributed by atoms with Crippen LogP contribution in [0.15, 0.2) is 163 Å². The van der Waals surface area contributed by atoms with Gasteiger partial charge in [0.1, 0.15) is 11.5 Å². The van der Waals surface area contributed by atoms with Gasteiger partial charge in [-0.2, -0.15) is 0 Å². The second-order valence-corrected chi connectivity index (χ2v) is 14.0. The number of hydrogen-bond donors (Lipinski definition) is 2. The number of aromatic carboxylic acids is 1. The molecule has 0 aliphatic carbocycles. The Bertz CT molecular complexity index is 2730. The molecule has 13 nitrogen and oxygen atoms in total. The van der Waals surface area contributed by atoms with Crippen molar-refractivity contribution in [2.24, 2.45) is 4.88 Å². The van der Waals surface area contributed by atoms with Crippen molar-refractivity contribution in [2.75, 3.05) is 5.73 Å². The second kappa shape index (κ2) is 19.7. The zero-order valence-electron chi connectivity index (χ0n) is 29.5. The molecule has 290 valence electrons. The van der Waals surface area contributed by atoms with Gasteiger partial charge in [-0.05, 0) is 90.5 Å². The van der Waals surface area contributed by atoms with Crippen molar-refractivity contribution in [2.45, 2.75) is 7.43 Å². The molecule has 4 heterocycles. The van der Waals surface area contributed by atoms with Crippen molar-refractivity contribution in [3.8, 4) is 34.0 Å². The summed E-state index contributed by atoms with van der Waals surface area (Å²) in [4.78, 5) is 34.3. The van der Waals surface area contributed by atoms with Crippen LogP contribution in [0.2, 0.25) is 10.0 Å². The Balaban J connectivity index is 0.000000164. The number of aromatic nitrogens is 4. The smallest absolute Gasteiger partial charge is 0.478 e. The normalized spacial score (nSPS) is 10.4. The highest BCUT2D eigenvalue weighted by Gasteiger charge is 2.26. The standard InChI is InChI=1S/C15H9ClN2O2.C14H10ClN3.C12H10N3O3P.CH4/c16-10-4-1-3-9(7-10)13-8-12(15(19)20)11-5-2-6-17-14(11)18-13;15-10-4-1-3-9(7-10)13-8-12(16)11-5-2-6-17-14(11)18-13;13-14-15-19(16,17-11-7-3-1-4-8-11)18-12-9-5-2-6-10-12;/h1-8H,(H,19,20);1-8H,(H2,16,17,18);1-10H;1H4. The third-order valence-corrected chi connectivity index (χ3v) is 9.40. The molecular weight excluding hydrogens is 798 g/mol. The summed E-state index contributed by atoms with van der Waals surface area (Å²) in [6.07, 6.45) is 3.29. The molecule has 0 saturated carbocycles. The fourth-order valence-electron chi connectivity index (χ4n) is 5.24. The van der Waals surface area contributed by atoms with Crippen LogP contribution in [0.4, 0.5) is 5.69 Å². The number of azide groups is 1. The van der Waals surface area contributed by atoms with Crippen molar-refractivity contribution >= 4 is 64.7 Å². The molecule has 0 aliphatic rings. The first-order valence-corrected chi connectivity index (χ1v) is 19.0. The lowest BCUT2D eigenvalue weighted by molar-refractivity contribution is 0.0699. The van der Waals surface area contributed by atoms with Gasteiger partial charge in [-0.3, -0.25) is 0 Å². The molecule has 58 heavy (non-hydrogen) atoms. The number of carbonyl (C=O) groups is 1. The number of nitrogens with zero attached hydrogens (tertiary/aromatic N) is 7. The molecule has 8 aromatic rings. The SMILES string of the molecule is C.Nc1cc(-c2cccc(Cl)c2)nc2ncccc12.O=C(O)c1cc(-c2cccc(Cl)c2)nc2ncccc12.[N-]=[N+]=NP(=O)(Oc1ccccc1)Oc1ccccc1. The zero-order valence-corrected chi connectivity index (χ0v) is 31.9. The van der Waals surface area contributed by atoms with E-state index in [9.17, 15) is 14.5 Å². The monoisotopic (exact) mass is 830 g/mol. The highest BCUT2D eigenvalue weighted by atomic mass is 35.5. The number of halogens is 2. The van der Waals surface area contributed by atoms with Gasteiger partial charge in [-0.15, -0.1) is 0 Å². The van der Waals surface area contributed by atoms with E-state index in [2.05, 4.69) is 29.7 Å². The molecule has 4 aromatic carbocycles.